The third-order valence-electron chi connectivity index (χ3n) is 3.10. The van der Waals surface area contributed by atoms with Gasteiger partial charge in [-0.1, -0.05) is 32.4 Å². The number of ether oxygens (including phenoxy) is 1. The number of carbonyl (C=O) groups excluding carboxylic acids is 1. The van der Waals surface area contributed by atoms with Crippen LogP contribution in [0.4, 0.5) is 5.69 Å². The lowest BCUT2D eigenvalue weighted by Gasteiger charge is -2.17. The molecule has 0 radical (unpaired) electrons. The average molecular weight is 281 g/mol. The molecule has 6 heteroatoms. The molecule has 0 saturated heterocycles. The molecule has 0 bridgehead atoms. The quantitative estimate of drug-likeness (QED) is 0.583. The van der Waals surface area contributed by atoms with Gasteiger partial charge in [-0.05, 0) is 12.5 Å². The minimum Gasteiger partial charge on any atom is -0.479 e. The monoisotopic (exact) mass is 281 g/mol. The Balaban J connectivity index is 2.63. The number of aliphatic hydroxyl groups is 1. The van der Waals surface area contributed by atoms with Crippen LogP contribution in [0, 0.1) is 16.0 Å². The zero-order valence-electron chi connectivity index (χ0n) is 11.6. The Hall–Kier alpha value is -1.95. The van der Waals surface area contributed by atoms with E-state index < -0.39 is 16.9 Å². The summed E-state index contributed by atoms with van der Waals surface area (Å²) in [6.07, 6.45) is 0.615. The van der Waals surface area contributed by atoms with Gasteiger partial charge in [-0.25, -0.2) is 0 Å². The minimum absolute atomic E-state index is 0.0584. The maximum atomic E-state index is 11.9. The van der Waals surface area contributed by atoms with E-state index in [-0.39, 0.29) is 23.8 Å². The summed E-state index contributed by atoms with van der Waals surface area (Å²) >= 11 is 0. The predicted molar refractivity (Wildman–Crippen MR) is 73.7 cm³/mol. The first-order chi connectivity index (χ1) is 9.47. The van der Waals surface area contributed by atoms with Crippen molar-refractivity contribution < 1.29 is 19.6 Å². The van der Waals surface area contributed by atoms with Gasteiger partial charge in [0.2, 0.25) is 0 Å². The van der Waals surface area contributed by atoms with Crippen molar-refractivity contribution in [1.82, 2.24) is 0 Å². The third kappa shape index (κ3) is 4.31. The summed E-state index contributed by atoms with van der Waals surface area (Å²) in [5.41, 5.74) is -0.179. The Morgan fingerprint density at radius 1 is 1.45 bits per heavy atom. The number of ketones is 1. The Morgan fingerprint density at radius 3 is 2.70 bits per heavy atom. The molecule has 1 N–H and O–H groups in total. The summed E-state index contributed by atoms with van der Waals surface area (Å²) in [4.78, 5) is 22.1. The molecule has 2 atom stereocenters. The summed E-state index contributed by atoms with van der Waals surface area (Å²) in [5.74, 6) is -0.759. The van der Waals surface area contributed by atoms with E-state index >= 15 is 0 Å². The van der Waals surface area contributed by atoms with Gasteiger partial charge in [0, 0.05) is 12.0 Å². The van der Waals surface area contributed by atoms with Crippen LogP contribution in [0.1, 0.15) is 26.7 Å². The van der Waals surface area contributed by atoms with Crippen molar-refractivity contribution in [3.63, 3.8) is 0 Å². The summed E-state index contributed by atoms with van der Waals surface area (Å²) in [6, 6.07) is 5.89. The molecular weight excluding hydrogens is 262 g/mol. The summed E-state index contributed by atoms with van der Waals surface area (Å²) in [5, 5.41) is 20.5. The zero-order valence-corrected chi connectivity index (χ0v) is 11.6. The van der Waals surface area contributed by atoms with E-state index in [4.69, 9.17) is 4.74 Å². The highest BCUT2D eigenvalue weighted by molar-refractivity contribution is 5.82. The molecule has 0 fully saturated rings. The fourth-order valence-corrected chi connectivity index (χ4v) is 1.77. The van der Waals surface area contributed by atoms with Gasteiger partial charge in [0.15, 0.2) is 11.5 Å². The third-order valence-corrected chi connectivity index (χ3v) is 3.10. The van der Waals surface area contributed by atoms with E-state index in [9.17, 15) is 20.0 Å². The van der Waals surface area contributed by atoms with E-state index in [1.807, 2.05) is 6.92 Å². The molecule has 2 unspecified atom stereocenters. The van der Waals surface area contributed by atoms with Gasteiger partial charge in [-0.15, -0.1) is 0 Å². The molecule has 0 aliphatic heterocycles. The standard InChI is InChI=1S/C14H19NO5/c1-3-6-12(16)10(2)13(17)9-20-14-8-5-4-7-11(14)15(18)19/h4-5,7-8,10,12,16H,3,6,9H2,1-2H3. The Labute approximate surface area is 117 Å². The Bertz CT molecular complexity index is 474. The van der Waals surface area contributed by atoms with E-state index in [0.29, 0.717) is 6.42 Å². The predicted octanol–water partition coefficient (Wildman–Crippen LogP) is 2.34. The second-order valence-corrected chi connectivity index (χ2v) is 4.62. The number of hydrogen-bond acceptors (Lipinski definition) is 5. The van der Waals surface area contributed by atoms with Gasteiger partial charge in [0.1, 0.15) is 6.61 Å². The molecule has 0 saturated carbocycles. The zero-order chi connectivity index (χ0) is 15.1. The number of benzene rings is 1. The number of carbonyl (C=O) groups is 1. The van der Waals surface area contributed by atoms with Crippen LogP contribution in [0.2, 0.25) is 0 Å². The smallest absolute Gasteiger partial charge is 0.310 e. The fourth-order valence-electron chi connectivity index (χ4n) is 1.77. The highest BCUT2D eigenvalue weighted by Crippen LogP contribution is 2.26. The summed E-state index contributed by atoms with van der Waals surface area (Å²) in [7, 11) is 0. The molecule has 0 aliphatic carbocycles. The minimum atomic E-state index is -0.707. The highest BCUT2D eigenvalue weighted by Gasteiger charge is 2.22. The number of rotatable bonds is 8. The maximum Gasteiger partial charge on any atom is 0.310 e. The van der Waals surface area contributed by atoms with Crippen molar-refractivity contribution in [3.8, 4) is 5.75 Å². The molecule has 0 aromatic heterocycles. The van der Waals surface area contributed by atoms with Crippen LogP contribution in [0.15, 0.2) is 24.3 Å². The van der Waals surface area contributed by atoms with Gasteiger partial charge in [0.05, 0.1) is 11.0 Å². The van der Waals surface area contributed by atoms with Crippen LogP contribution in [0.5, 0.6) is 5.75 Å². The van der Waals surface area contributed by atoms with Crippen molar-refractivity contribution in [2.75, 3.05) is 6.61 Å². The van der Waals surface area contributed by atoms with Crippen molar-refractivity contribution in [2.24, 2.45) is 5.92 Å². The Morgan fingerprint density at radius 2 is 2.10 bits per heavy atom. The number of Topliss-reactive ketones (excluding diaryl/α,β-unsaturated/α-hetero) is 1. The number of para-hydroxylation sites is 2. The van der Waals surface area contributed by atoms with Crippen molar-refractivity contribution >= 4 is 11.5 Å². The molecule has 110 valence electrons. The van der Waals surface area contributed by atoms with E-state index in [2.05, 4.69) is 0 Å². The van der Waals surface area contributed by atoms with Crippen molar-refractivity contribution in [1.29, 1.82) is 0 Å². The molecule has 0 amide bonds. The number of hydrogen-bond donors (Lipinski definition) is 1. The SMILES string of the molecule is CCCC(O)C(C)C(=O)COc1ccccc1[N+](=O)[O-]. The molecule has 1 rings (SSSR count). The molecular formula is C14H19NO5. The Kier molecular flexibility index (Phi) is 6.11. The molecule has 0 aliphatic rings. The van der Waals surface area contributed by atoms with Gasteiger partial charge in [0.25, 0.3) is 0 Å². The van der Waals surface area contributed by atoms with E-state index in [1.54, 1.807) is 13.0 Å². The first-order valence-electron chi connectivity index (χ1n) is 6.54. The first kappa shape index (κ1) is 16.1. The van der Waals surface area contributed by atoms with Crippen molar-refractivity contribution in [3.05, 3.63) is 34.4 Å². The molecule has 1 aromatic carbocycles. The number of aliphatic hydroxyl groups excluding tert-OH is 1. The van der Waals surface area contributed by atoms with Crippen LogP contribution >= 0.6 is 0 Å². The second-order valence-electron chi connectivity index (χ2n) is 4.62. The number of nitro groups is 1. The lowest BCUT2D eigenvalue weighted by atomic mass is 9.97. The lowest BCUT2D eigenvalue weighted by Crippen LogP contribution is -2.29. The highest BCUT2D eigenvalue weighted by atomic mass is 16.6. The van der Waals surface area contributed by atoms with E-state index in [0.717, 1.165) is 6.42 Å². The van der Waals surface area contributed by atoms with Gasteiger partial charge < -0.3 is 9.84 Å². The molecule has 1 aromatic rings. The van der Waals surface area contributed by atoms with Crippen LogP contribution in [-0.4, -0.2) is 28.5 Å². The van der Waals surface area contributed by atoms with Gasteiger partial charge >= 0.3 is 5.69 Å². The van der Waals surface area contributed by atoms with Gasteiger partial charge in [-0.2, -0.15) is 0 Å². The molecule has 0 spiro atoms. The molecule has 20 heavy (non-hydrogen) atoms. The second kappa shape index (κ2) is 7.59. The van der Waals surface area contributed by atoms with Crippen LogP contribution < -0.4 is 4.74 Å². The first-order valence-corrected chi connectivity index (χ1v) is 6.54. The maximum absolute atomic E-state index is 11.9. The van der Waals surface area contributed by atoms with E-state index in [1.165, 1.54) is 18.2 Å². The summed E-state index contributed by atoms with van der Waals surface area (Å²) in [6.45, 7) is 3.27. The molecule has 6 nitrogen and oxygen atoms in total. The largest absolute Gasteiger partial charge is 0.479 e. The lowest BCUT2D eigenvalue weighted by molar-refractivity contribution is -0.385. The average Bonchev–Trinajstić information content (AvgIpc) is 2.44. The van der Waals surface area contributed by atoms with Gasteiger partial charge in [-0.3, -0.25) is 14.9 Å². The van der Waals surface area contributed by atoms with Crippen LogP contribution in [0.3, 0.4) is 0 Å². The normalized spacial score (nSPS) is 13.6. The molecule has 0 heterocycles. The fraction of sp³-hybridized carbons (Fsp3) is 0.500. The van der Waals surface area contributed by atoms with Crippen LogP contribution in [-0.2, 0) is 4.79 Å². The number of nitro benzene ring substituents is 1. The number of nitrogens with zero attached hydrogens (tertiary/aromatic N) is 1. The van der Waals surface area contributed by atoms with Crippen LogP contribution in [0.25, 0.3) is 0 Å². The van der Waals surface area contributed by atoms with Crippen molar-refractivity contribution in [2.45, 2.75) is 32.8 Å². The topological polar surface area (TPSA) is 89.7 Å². The summed E-state index contributed by atoms with van der Waals surface area (Å²) < 4.78 is 5.21.